The van der Waals surface area contributed by atoms with Crippen molar-refractivity contribution in [3.63, 3.8) is 0 Å². The molecular formula is C32H42N6O6. The van der Waals surface area contributed by atoms with Crippen molar-refractivity contribution in [1.82, 2.24) is 30.3 Å². The number of hydrogen-bond acceptors (Lipinski definition) is 8. The lowest BCUT2D eigenvalue weighted by molar-refractivity contribution is -0.129. The van der Waals surface area contributed by atoms with Crippen LogP contribution >= 0.6 is 0 Å². The highest BCUT2D eigenvalue weighted by Crippen LogP contribution is 2.35. The molecule has 0 spiro atoms. The van der Waals surface area contributed by atoms with Gasteiger partial charge < -0.3 is 29.7 Å². The van der Waals surface area contributed by atoms with E-state index in [2.05, 4.69) is 10.6 Å². The molecule has 0 radical (unpaired) electrons. The number of carbonyl (C=O) groups excluding carboxylic acids is 3. The van der Waals surface area contributed by atoms with E-state index in [1.54, 1.807) is 21.7 Å². The van der Waals surface area contributed by atoms with Gasteiger partial charge in [-0.3, -0.25) is 14.4 Å². The molecule has 44 heavy (non-hydrogen) atoms. The summed E-state index contributed by atoms with van der Waals surface area (Å²) in [4.78, 5) is 46.8. The third-order valence-electron chi connectivity index (χ3n) is 7.47. The molecule has 1 aromatic heterocycles. The first kappa shape index (κ1) is 32.3. The van der Waals surface area contributed by atoms with E-state index in [4.69, 9.17) is 24.3 Å². The van der Waals surface area contributed by atoms with Gasteiger partial charge in [-0.05, 0) is 25.7 Å². The highest BCUT2D eigenvalue weighted by Gasteiger charge is 2.28. The lowest BCUT2D eigenvalue weighted by atomic mass is 10.0. The fourth-order valence-electron chi connectivity index (χ4n) is 5.22. The van der Waals surface area contributed by atoms with E-state index < -0.39 is 12.1 Å². The summed E-state index contributed by atoms with van der Waals surface area (Å²) in [7, 11) is 4.50. The summed E-state index contributed by atoms with van der Waals surface area (Å²) in [5, 5.41) is 10.7. The van der Waals surface area contributed by atoms with E-state index in [1.807, 2.05) is 51.1 Å². The summed E-state index contributed by atoms with van der Waals surface area (Å²) in [5.74, 6) is 1.59. The van der Waals surface area contributed by atoms with Crippen LogP contribution in [0.5, 0.6) is 17.2 Å². The van der Waals surface area contributed by atoms with Crippen molar-refractivity contribution in [2.45, 2.75) is 58.7 Å². The molecule has 1 aliphatic rings. The number of aromatic nitrogens is 3. The van der Waals surface area contributed by atoms with Gasteiger partial charge in [0.05, 0.1) is 39.5 Å². The summed E-state index contributed by atoms with van der Waals surface area (Å²) >= 11 is 0. The highest BCUT2D eigenvalue weighted by molar-refractivity contribution is 5.98. The molecule has 0 saturated heterocycles. The quantitative estimate of drug-likeness (QED) is 0.416. The monoisotopic (exact) mass is 606 g/mol. The van der Waals surface area contributed by atoms with Crippen LogP contribution in [0.15, 0.2) is 42.5 Å². The van der Waals surface area contributed by atoms with Crippen LogP contribution in [0.3, 0.4) is 0 Å². The molecule has 2 N–H and O–H groups in total. The average molecular weight is 607 g/mol. The number of nitrogens with one attached hydrogen (secondary N) is 2. The van der Waals surface area contributed by atoms with Gasteiger partial charge in [-0.2, -0.15) is 5.10 Å². The molecule has 4 rings (SSSR count). The van der Waals surface area contributed by atoms with Crippen LogP contribution in [-0.4, -0.2) is 77.8 Å². The van der Waals surface area contributed by atoms with Crippen molar-refractivity contribution < 1.29 is 28.6 Å². The Kier molecular flexibility index (Phi) is 10.8. The van der Waals surface area contributed by atoms with Gasteiger partial charge >= 0.3 is 0 Å². The zero-order chi connectivity index (χ0) is 31.8. The summed E-state index contributed by atoms with van der Waals surface area (Å²) < 4.78 is 18.1. The molecule has 3 aromatic rings. The molecule has 12 heteroatoms. The maximum Gasteiger partial charge on any atom is 0.257 e. The Morgan fingerprint density at radius 2 is 1.64 bits per heavy atom. The molecule has 1 aliphatic heterocycles. The van der Waals surface area contributed by atoms with Gasteiger partial charge in [0, 0.05) is 37.2 Å². The van der Waals surface area contributed by atoms with E-state index in [1.165, 1.54) is 21.3 Å². The SMILES string of the molecule is COc1cc(OC)c(C(=O)N2CCCC(=O)N[C@H](CC(C)C)C(=O)N[C@H](C)c3nc(-c4ccccc4)nn3CC2)cc1OC. The van der Waals surface area contributed by atoms with Gasteiger partial charge in [0.1, 0.15) is 17.6 Å². The van der Waals surface area contributed by atoms with Crippen LogP contribution in [0.4, 0.5) is 0 Å². The predicted molar refractivity (Wildman–Crippen MR) is 165 cm³/mol. The molecule has 0 fully saturated rings. The van der Waals surface area contributed by atoms with E-state index in [0.717, 1.165) is 5.56 Å². The minimum absolute atomic E-state index is 0.150. The van der Waals surface area contributed by atoms with Crippen LogP contribution in [0.1, 0.15) is 62.3 Å². The molecular weight excluding hydrogens is 564 g/mol. The Balaban J connectivity index is 1.73. The first-order valence-corrected chi connectivity index (χ1v) is 14.8. The van der Waals surface area contributed by atoms with Gasteiger partial charge in [-0.1, -0.05) is 44.2 Å². The van der Waals surface area contributed by atoms with Crippen LogP contribution in [0, 0.1) is 5.92 Å². The third kappa shape index (κ3) is 7.66. The minimum atomic E-state index is -0.702. The highest BCUT2D eigenvalue weighted by atomic mass is 16.5. The fraction of sp³-hybridized carbons (Fsp3) is 0.469. The predicted octanol–water partition coefficient (Wildman–Crippen LogP) is 3.62. The molecule has 2 aromatic carbocycles. The zero-order valence-corrected chi connectivity index (χ0v) is 26.3. The summed E-state index contributed by atoms with van der Waals surface area (Å²) in [6.07, 6.45) is 1.02. The standard InChI is InChI=1S/C32H42N6O6/c1-20(2)17-24-31(40)33-21(3)30-35-29(22-11-8-7-9-12-22)36-38(30)16-15-37(14-10-13-28(39)34-24)32(41)23-18-26(43-5)27(44-6)19-25(23)42-4/h7-9,11-12,18-21,24H,10,13-17H2,1-6H3,(H,33,40)(H,34,39)/t21-,24-/m1/s1. The van der Waals surface area contributed by atoms with Crippen LogP contribution in [0.2, 0.25) is 0 Å². The van der Waals surface area contributed by atoms with E-state index in [-0.39, 0.29) is 43.1 Å². The molecule has 2 heterocycles. The Hall–Kier alpha value is -4.61. The summed E-state index contributed by atoms with van der Waals surface area (Å²) in [6.45, 7) is 6.70. The Labute approximate surface area is 258 Å². The molecule has 3 amide bonds. The van der Waals surface area contributed by atoms with Crippen molar-refractivity contribution in [2.24, 2.45) is 5.92 Å². The van der Waals surface area contributed by atoms with Crippen LogP contribution in [-0.2, 0) is 16.1 Å². The summed E-state index contributed by atoms with van der Waals surface area (Å²) in [6, 6.07) is 11.6. The number of fused-ring (bicyclic) bond motifs is 1. The zero-order valence-electron chi connectivity index (χ0n) is 26.3. The summed E-state index contributed by atoms with van der Waals surface area (Å²) in [5.41, 5.74) is 1.13. The van der Waals surface area contributed by atoms with E-state index >= 15 is 0 Å². The van der Waals surface area contributed by atoms with Crippen molar-refractivity contribution >= 4 is 17.7 Å². The molecule has 2 atom stereocenters. The second-order valence-electron chi connectivity index (χ2n) is 11.2. The lowest BCUT2D eigenvalue weighted by Crippen LogP contribution is -2.48. The first-order chi connectivity index (χ1) is 21.1. The molecule has 0 aliphatic carbocycles. The number of hydrogen-bond donors (Lipinski definition) is 2. The number of benzene rings is 2. The average Bonchev–Trinajstić information content (AvgIpc) is 3.45. The van der Waals surface area contributed by atoms with Crippen molar-refractivity contribution in [3.8, 4) is 28.6 Å². The van der Waals surface area contributed by atoms with Crippen molar-refractivity contribution in [3.05, 3.63) is 53.9 Å². The van der Waals surface area contributed by atoms with Crippen LogP contribution in [0.25, 0.3) is 11.4 Å². The Bertz CT molecular complexity index is 1460. The van der Waals surface area contributed by atoms with Gasteiger partial charge in [-0.15, -0.1) is 0 Å². The van der Waals surface area contributed by atoms with Gasteiger partial charge in [0.25, 0.3) is 5.91 Å². The Morgan fingerprint density at radius 3 is 2.30 bits per heavy atom. The first-order valence-electron chi connectivity index (χ1n) is 14.8. The maximum atomic E-state index is 14.0. The third-order valence-corrected chi connectivity index (χ3v) is 7.47. The van der Waals surface area contributed by atoms with Gasteiger partial charge in [0.15, 0.2) is 17.3 Å². The number of amides is 3. The number of ether oxygens (including phenoxy) is 3. The second kappa shape index (κ2) is 14.7. The fourth-order valence-corrected chi connectivity index (χ4v) is 5.22. The lowest BCUT2D eigenvalue weighted by Gasteiger charge is -2.26. The van der Waals surface area contributed by atoms with Crippen molar-refractivity contribution in [1.29, 1.82) is 0 Å². The Morgan fingerprint density at radius 1 is 0.955 bits per heavy atom. The van der Waals surface area contributed by atoms with Gasteiger partial charge in [0.2, 0.25) is 11.8 Å². The number of rotatable bonds is 7. The van der Waals surface area contributed by atoms with E-state index in [0.29, 0.717) is 53.8 Å². The second-order valence-corrected chi connectivity index (χ2v) is 11.2. The molecule has 0 saturated carbocycles. The normalized spacial score (nSPS) is 18.1. The topological polar surface area (TPSA) is 137 Å². The van der Waals surface area contributed by atoms with Crippen molar-refractivity contribution in [2.75, 3.05) is 34.4 Å². The molecule has 0 unspecified atom stereocenters. The number of nitrogens with zero attached hydrogens (tertiary/aromatic N) is 4. The largest absolute Gasteiger partial charge is 0.496 e. The molecule has 12 nitrogen and oxygen atoms in total. The maximum absolute atomic E-state index is 14.0. The smallest absolute Gasteiger partial charge is 0.257 e. The van der Waals surface area contributed by atoms with E-state index in [9.17, 15) is 14.4 Å². The number of carbonyl (C=O) groups is 3. The molecule has 0 bridgehead atoms. The number of methoxy groups -OCH3 is 3. The van der Waals surface area contributed by atoms with Gasteiger partial charge in [-0.25, -0.2) is 9.67 Å². The van der Waals surface area contributed by atoms with Crippen LogP contribution < -0.4 is 24.8 Å². The molecule has 236 valence electrons. The minimum Gasteiger partial charge on any atom is -0.496 e.